The monoisotopic (exact) mass is 406 g/mol. The van der Waals surface area contributed by atoms with E-state index in [1.165, 1.54) is 0 Å². The Balaban J connectivity index is 2.18. The van der Waals surface area contributed by atoms with Gasteiger partial charge in [-0.2, -0.15) is 0 Å². The fourth-order valence-corrected chi connectivity index (χ4v) is 3.52. The van der Waals surface area contributed by atoms with E-state index in [-0.39, 0.29) is 5.78 Å². The fourth-order valence-electron chi connectivity index (χ4n) is 3.52. The molecule has 0 saturated carbocycles. The topological polar surface area (TPSA) is 54.0 Å². The molecule has 0 bridgehead atoms. The van der Waals surface area contributed by atoms with Gasteiger partial charge in [-0.15, -0.1) is 0 Å². The van der Waals surface area contributed by atoms with Gasteiger partial charge in [-0.3, -0.25) is 4.79 Å². The Kier molecular flexibility index (Phi) is 6.62. The summed E-state index contributed by atoms with van der Waals surface area (Å²) in [6.45, 7) is 1.97. The van der Waals surface area contributed by atoms with Gasteiger partial charge in [0.1, 0.15) is 0 Å². The van der Waals surface area contributed by atoms with Gasteiger partial charge in [0.15, 0.2) is 28.8 Å². The van der Waals surface area contributed by atoms with Crippen LogP contribution in [0.1, 0.15) is 33.0 Å². The summed E-state index contributed by atoms with van der Waals surface area (Å²) in [4.78, 5) is 13.7. The molecule has 156 valence electrons. The van der Waals surface area contributed by atoms with Crippen LogP contribution in [-0.4, -0.2) is 34.2 Å². The molecule has 0 aliphatic carbocycles. The highest BCUT2D eigenvalue weighted by Gasteiger charge is 2.26. The molecule has 30 heavy (non-hydrogen) atoms. The minimum atomic E-state index is -0.550. The Bertz CT molecular complexity index is 986. The highest BCUT2D eigenvalue weighted by Crippen LogP contribution is 2.38. The lowest BCUT2D eigenvalue weighted by Crippen LogP contribution is -2.15. The molecule has 3 aromatic carbocycles. The summed E-state index contributed by atoms with van der Waals surface area (Å²) in [6, 6.07) is 18.7. The zero-order valence-corrected chi connectivity index (χ0v) is 17.9. The van der Waals surface area contributed by atoms with Crippen LogP contribution >= 0.6 is 0 Å². The van der Waals surface area contributed by atoms with Crippen molar-refractivity contribution < 1.29 is 23.7 Å². The average molecular weight is 406 g/mol. The van der Waals surface area contributed by atoms with Crippen LogP contribution in [0.15, 0.2) is 60.7 Å². The molecule has 0 atom stereocenters. The van der Waals surface area contributed by atoms with Gasteiger partial charge in [0.05, 0.1) is 34.4 Å². The number of rotatable bonds is 8. The molecular formula is C25H26O5. The van der Waals surface area contributed by atoms with Gasteiger partial charge in [0, 0.05) is 5.56 Å². The molecule has 0 unspecified atom stereocenters. The van der Waals surface area contributed by atoms with E-state index in [2.05, 4.69) is 0 Å². The summed E-state index contributed by atoms with van der Waals surface area (Å²) < 4.78 is 21.7. The third-order valence-electron chi connectivity index (χ3n) is 5.05. The van der Waals surface area contributed by atoms with Crippen LogP contribution < -0.4 is 18.9 Å². The number of hydrogen-bond acceptors (Lipinski definition) is 5. The standard InChI is InChI=1S/C25H26O5/c1-16-7-6-8-19(13-16)25(26)24(17-9-11-20(27-2)22(14-17)29-4)18-10-12-21(28-3)23(15-18)30-5/h6-15,24H,1-5H3. The predicted molar refractivity (Wildman–Crippen MR) is 116 cm³/mol. The van der Waals surface area contributed by atoms with Crippen LogP contribution in [0.2, 0.25) is 0 Å². The van der Waals surface area contributed by atoms with Crippen LogP contribution in [0.5, 0.6) is 23.0 Å². The number of benzene rings is 3. The first-order valence-corrected chi connectivity index (χ1v) is 9.57. The fraction of sp³-hybridized carbons (Fsp3) is 0.240. The van der Waals surface area contributed by atoms with E-state index in [0.717, 1.165) is 16.7 Å². The molecule has 0 amide bonds. The molecule has 0 N–H and O–H groups in total. The maximum absolute atomic E-state index is 13.7. The normalized spacial score (nSPS) is 10.6. The summed E-state index contributed by atoms with van der Waals surface area (Å²) >= 11 is 0. The number of ether oxygens (including phenoxy) is 4. The van der Waals surface area contributed by atoms with Gasteiger partial charge in [0.2, 0.25) is 0 Å². The van der Waals surface area contributed by atoms with Gasteiger partial charge >= 0.3 is 0 Å². The summed E-state index contributed by atoms with van der Waals surface area (Å²) in [5, 5.41) is 0. The summed E-state index contributed by atoms with van der Waals surface area (Å²) in [5.41, 5.74) is 3.27. The van der Waals surface area contributed by atoms with E-state index in [1.54, 1.807) is 28.4 Å². The number of Topliss-reactive ketones (excluding diaryl/α,β-unsaturated/α-hetero) is 1. The van der Waals surface area contributed by atoms with Crippen molar-refractivity contribution in [2.45, 2.75) is 12.8 Å². The Labute approximate surface area is 177 Å². The molecule has 0 aromatic heterocycles. The lowest BCUT2D eigenvalue weighted by Gasteiger charge is -2.20. The number of aryl methyl sites for hydroxylation is 1. The van der Waals surface area contributed by atoms with Crippen molar-refractivity contribution in [1.29, 1.82) is 0 Å². The van der Waals surface area contributed by atoms with E-state index in [1.807, 2.05) is 67.6 Å². The molecule has 3 rings (SSSR count). The summed E-state index contributed by atoms with van der Waals surface area (Å²) in [5.74, 6) is 1.78. The lowest BCUT2D eigenvalue weighted by atomic mass is 9.84. The Morgan fingerprint density at radius 1 is 0.667 bits per heavy atom. The van der Waals surface area contributed by atoms with E-state index in [9.17, 15) is 4.79 Å². The van der Waals surface area contributed by atoms with E-state index in [4.69, 9.17) is 18.9 Å². The molecule has 0 spiro atoms. The molecule has 5 nitrogen and oxygen atoms in total. The SMILES string of the molecule is COc1ccc(C(C(=O)c2cccc(C)c2)c2ccc(OC)c(OC)c2)cc1OC. The Morgan fingerprint density at radius 3 is 1.60 bits per heavy atom. The number of carbonyl (C=O) groups is 1. The van der Waals surface area contributed by atoms with Crippen LogP contribution in [-0.2, 0) is 0 Å². The number of hydrogen-bond donors (Lipinski definition) is 0. The molecule has 0 aliphatic rings. The first-order chi connectivity index (χ1) is 14.5. The van der Waals surface area contributed by atoms with Gasteiger partial charge < -0.3 is 18.9 Å². The van der Waals surface area contributed by atoms with Crippen molar-refractivity contribution >= 4 is 5.78 Å². The van der Waals surface area contributed by atoms with E-state index >= 15 is 0 Å². The quantitative estimate of drug-likeness (QED) is 0.490. The first-order valence-electron chi connectivity index (χ1n) is 9.57. The number of carbonyl (C=O) groups excluding carboxylic acids is 1. The third-order valence-corrected chi connectivity index (χ3v) is 5.05. The molecule has 0 saturated heterocycles. The highest BCUT2D eigenvalue weighted by molar-refractivity contribution is 6.03. The number of ketones is 1. The minimum Gasteiger partial charge on any atom is -0.493 e. The van der Waals surface area contributed by atoms with Gasteiger partial charge in [-0.1, -0.05) is 35.9 Å². The zero-order chi connectivity index (χ0) is 21.7. The maximum Gasteiger partial charge on any atom is 0.174 e. The first kappa shape index (κ1) is 21.2. The van der Waals surface area contributed by atoms with Crippen molar-refractivity contribution in [3.63, 3.8) is 0 Å². The number of methoxy groups -OCH3 is 4. The van der Waals surface area contributed by atoms with Crippen molar-refractivity contribution in [2.24, 2.45) is 0 Å². The summed E-state index contributed by atoms with van der Waals surface area (Å²) in [6.07, 6.45) is 0. The second kappa shape index (κ2) is 9.35. The second-order valence-electron chi connectivity index (χ2n) is 6.90. The van der Waals surface area contributed by atoms with Crippen molar-refractivity contribution in [3.8, 4) is 23.0 Å². The molecular weight excluding hydrogens is 380 g/mol. The average Bonchev–Trinajstić information content (AvgIpc) is 2.78. The maximum atomic E-state index is 13.7. The summed E-state index contributed by atoms with van der Waals surface area (Å²) in [7, 11) is 6.33. The van der Waals surface area contributed by atoms with Crippen LogP contribution in [0.3, 0.4) is 0 Å². The molecule has 5 heteroatoms. The third kappa shape index (κ3) is 4.25. The van der Waals surface area contributed by atoms with E-state index in [0.29, 0.717) is 28.6 Å². The molecule has 0 aliphatic heterocycles. The lowest BCUT2D eigenvalue weighted by molar-refractivity contribution is 0.0973. The molecule has 3 aromatic rings. The smallest absolute Gasteiger partial charge is 0.174 e. The van der Waals surface area contributed by atoms with Crippen LogP contribution in [0.25, 0.3) is 0 Å². The predicted octanol–water partition coefficient (Wildman–Crippen LogP) is 5.04. The molecule has 0 radical (unpaired) electrons. The van der Waals surface area contributed by atoms with Crippen molar-refractivity contribution in [2.75, 3.05) is 28.4 Å². The van der Waals surface area contributed by atoms with Gasteiger partial charge in [-0.05, 0) is 48.4 Å². The highest BCUT2D eigenvalue weighted by atomic mass is 16.5. The molecule has 0 fully saturated rings. The van der Waals surface area contributed by atoms with E-state index < -0.39 is 5.92 Å². The van der Waals surface area contributed by atoms with Crippen LogP contribution in [0.4, 0.5) is 0 Å². The minimum absolute atomic E-state index is 0.0156. The van der Waals surface area contributed by atoms with Crippen LogP contribution in [0, 0.1) is 6.92 Å². The Hall–Kier alpha value is -3.47. The van der Waals surface area contributed by atoms with Crippen molar-refractivity contribution in [3.05, 3.63) is 82.9 Å². The van der Waals surface area contributed by atoms with Crippen molar-refractivity contribution in [1.82, 2.24) is 0 Å². The Morgan fingerprint density at radius 2 is 1.17 bits per heavy atom. The largest absolute Gasteiger partial charge is 0.493 e. The molecule has 0 heterocycles. The second-order valence-corrected chi connectivity index (χ2v) is 6.90. The van der Waals surface area contributed by atoms with Gasteiger partial charge in [0.25, 0.3) is 0 Å². The van der Waals surface area contributed by atoms with Gasteiger partial charge in [-0.25, -0.2) is 0 Å². The zero-order valence-electron chi connectivity index (χ0n) is 17.9.